The number of carboxylic acids is 1. The number of rotatable bonds is 6. The minimum Gasteiger partial charge on any atom is -0.478 e. The Labute approximate surface area is 134 Å². The molecule has 0 aromatic heterocycles. The monoisotopic (exact) mass is 320 g/mol. The second-order valence-electron chi connectivity index (χ2n) is 5.70. The summed E-state index contributed by atoms with van der Waals surface area (Å²) in [5, 5.41) is 8.94. The third kappa shape index (κ3) is 4.53. The van der Waals surface area contributed by atoms with E-state index in [1.165, 1.54) is 17.0 Å². The number of carboxylic acid groups (broad SMARTS) is 1. The van der Waals surface area contributed by atoms with Gasteiger partial charge in [-0.05, 0) is 17.7 Å². The van der Waals surface area contributed by atoms with E-state index >= 15 is 0 Å². The molecule has 0 radical (unpaired) electrons. The molecule has 1 saturated heterocycles. The number of hydrogen-bond acceptors (Lipinski definition) is 4. The van der Waals surface area contributed by atoms with E-state index in [0.717, 1.165) is 0 Å². The van der Waals surface area contributed by atoms with Gasteiger partial charge in [0.25, 0.3) is 0 Å². The molecule has 1 heterocycles. The second kappa shape index (κ2) is 7.23. The van der Waals surface area contributed by atoms with Gasteiger partial charge in [0.2, 0.25) is 11.8 Å². The molecule has 2 rings (SSSR count). The van der Waals surface area contributed by atoms with Gasteiger partial charge < -0.3 is 19.6 Å². The molecule has 1 fully saturated rings. The van der Waals surface area contributed by atoms with Crippen LogP contribution in [0, 0.1) is 0 Å². The number of benzene rings is 1. The van der Waals surface area contributed by atoms with Gasteiger partial charge >= 0.3 is 5.97 Å². The van der Waals surface area contributed by atoms with Crippen LogP contribution in [0.15, 0.2) is 24.3 Å². The fraction of sp³-hybridized carbons (Fsp3) is 0.438. The van der Waals surface area contributed by atoms with E-state index < -0.39 is 5.97 Å². The average molecular weight is 320 g/mol. The molecule has 2 amide bonds. The molecule has 1 aliphatic rings. The zero-order valence-electron chi connectivity index (χ0n) is 13.2. The van der Waals surface area contributed by atoms with Crippen LogP contribution in [0.25, 0.3) is 0 Å². The first-order valence-electron chi connectivity index (χ1n) is 7.28. The van der Waals surface area contributed by atoms with Gasteiger partial charge in [0.1, 0.15) is 6.61 Å². The molecule has 1 aliphatic heterocycles. The van der Waals surface area contributed by atoms with Crippen LogP contribution in [0.1, 0.15) is 15.9 Å². The van der Waals surface area contributed by atoms with Crippen LogP contribution in [0.3, 0.4) is 0 Å². The first-order valence-corrected chi connectivity index (χ1v) is 7.28. The molecule has 1 N–H and O–H groups in total. The summed E-state index contributed by atoms with van der Waals surface area (Å²) in [5.74, 6) is -1.20. The van der Waals surface area contributed by atoms with E-state index in [4.69, 9.17) is 9.84 Å². The van der Waals surface area contributed by atoms with Crippen molar-refractivity contribution in [2.75, 3.05) is 33.8 Å². The van der Waals surface area contributed by atoms with Crippen molar-refractivity contribution < 1.29 is 24.2 Å². The summed E-state index contributed by atoms with van der Waals surface area (Å²) < 4.78 is 5.42. The summed E-state index contributed by atoms with van der Waals surface area (Å²) in [4.78, 5) is 37.5. The number of carbonyl (C=O) groups is 3. The fourth-order valence-electron chi connectivity index (χ4n) is 2.17. The number of amides is 2. The Morgan fingerprint density at radius 1 is 1.30 bits per heavy atom. The Balaban J connectivity index is 1.77. The lowest BCUT2D eigenvalue weighted by Gasteiger charge is -2.39. The molecular formula is C16H20N2O5. The summed E-state index contributed by atoms with van der Waals surface area (Å²) in [5.41, 5.74) is 0.837. The summed E-state index contributed by atoms with van der Waals surface area (Å²) in [6, 6.07) is 6.35. The molecule has 0 bridgehead atoms. The number of carbonyl (C=O) groups excluding carboxylic acids is 2. The van der Waals surface area contributed by atoms with Gasteiger partial charge in [-0.2, -0.15) is 0 Å². The van der Waals surface area contributed by atoms with E-state index in [2.05, 4.69) is 0 Å². The highest BCUT2D eigenvalue weighted by atomic mass is 16.5. The smallest absolute Gasteiger partial charge is 0.335 e. The number of aromatic carboxylic acids is 1. The molecule has 7 nitrogen and oxygen atoms in total. The predicted octanol–water partition coefficient (Wildman–Crippen LogP) is 0.243. The van der Waals surface area contributed by atoms with Gasteiger partial charge in [-0.25, -0.2) is 4.79 Å². The quantitative estimate of drug-likeness (QED) is 0.811. The van der Waals surface area contributed by atoms with Gasteiger partial charge in [0.05, 0.1) is 18.1 Å². The second-order valence-corrected chi connectivity index (χ2v) is 5.70. The lowest BCUT2D eigenvalue weighted by molar-refractivity contribution is -0.149. The van der Waals surface area contributed by atoms with Crippen LogP contribution in [-0.4, -0.2) is 72.6 Å². The summed E-state index contributed by atoms with van der Waals surface area (Å²) in [7, 11) is 3.32. The van der Waals surface area contributed by atoms with E-state index in [9.17, 15) is 14.4 Å². The maximum Gasteiger partial charge on any atom is 0.335 e. The van der Waals surface area contributed by atoms with Crippen LogP contribution in [-0.2, 0) is 20.7 Å². The normalized spacial score (nSPS) is 14.3. The van der Waals surface area contributed by atoms with Gasteiger partial charge in [-0.15, -0.1) is 0 Å². The molecule has 7 heteroatoms. The Bertz CT molecular complexity index is 608. The average Bonchev–Trinajstić information content (AvgIpc) is 2.45. The van der Waals surface area contributed by atoms with Crippen molar-refractivity contribution in [3.8, 4) is 0 Å². The Hall–Kier alpha value is -2.41. The summed E-state index contributed by atoms with van der Waals surface area (Å²) >= 11 is 0. The first kappa shape index (κ1) is 17.0. The summed E-state index contributed by atoms with van der Waals surface area (Å²) in [6.07, 6.45) is 0.0398. The fourth-order valence-corrected chi connectivity index (χ4v) is 2.17. The van der Waals surface area contributed by atoms with Gasteiger partial charge in [-0.3, -0.25) is 9.59 Å². The molecule has 0 saturated carbocycles. The Kier molecular flexibility index (Phi) is 5.33. The number of nitrogens with zero attached hydrogens (tertiary/aromatic N) is 2. The van der Waals surface area contributed by atoms with Crippen molar-refractivity contribution in [2.24, 2.45) is 0 Å². The number of likely N-dealkylation sites (N-methyl/N-ethyl adjacent to an activating group) is 1. The minimum absolute atomic E-state index is 0.0142. The zero-order chi connectivity index (χ0) is 17.0. The first-order chi connectivity index (χ1) is 10.9. The molecular weight excluding hydrogens is 300 g/mol. The van der Waals surface area contributed by atoms with Gasteiger partial charge in [0, 0.05) is 27.2 Å². The van der Waals surface area contributed by atoms with Crippen molar-refractivity contribution in [1.82, 2.24) is 9.80 Å². The van der Waals surface area contributed by atoms with Crippen molar-refractivity contribution in [3.05, 3.63) is 35.4 Å². The van der Waals surface area contributed by atoms with Crippen molar-refractivity contribution >= 4 is 17.8 Å². The maximum absolute atomic E-state index is 12.1. The molecule has 1 aromatic carbocycles. The summed E-state index contributed by atoms with van der Waals surface area (Å²) in [6.45, 7) is 0.927. The minimum atomic E-state index is -1.01. The standard InChI is InChI=1S/C16H20N2O5/c1-17(2)15(20)10-23-13-8-18(9-13)14(19)7-11-4-3-5-12(6-11)16(21)22/h3-6,13H,7-10H2,1-2H3,(H,21,22). The Morgan fingerprint density at radius 3 is 2.61 bits per heavy atom. The largest absolute Gasteiger partial charge is 0.478 e. The van der Waals surface area contributed by atoms with E-state index in [0.29, 0.717) is 18.7 Å². The lowest BCUT2D eigenvalue weighted by Crippen LogP contribution is -2.55. The third-order valence-corrected chi connectivity index (χ3v) is 3.67. The molecule has 124 valence electrons. The molecule has 0 spiro atoms. The predicted molar refractivity (Wildman–Crippen MR) is 82.1 cm³/mol. The maximum atomic E-state index is 12.1. The van der Waals surface area contributed by atoms with Crippen molar-refractivity contribution in [1.29, 1.82) is 0 Å². The van der Waals surface area contributed by atoms with Crippen LogP contribution >= 0.6 is 0 Å². The topological polar surface area (TPSA) is 87.2 Å². The molecule has 0 unspecified atom stereocenters. The van der Waals surface area contributed by atoms with Crippen LogP contribution in [0.5, 0.6) is 0 Å². The molecule has 23 heavy (non-hydrogen) atoms. The molecule has 1 aromatic rings. The highest BCUT2D eigenvalue weighted by Crippen LogP contribution is 2.15. The van der Waals surface area contributed by atoms with E-state index in [-0.39, 0.29) is 36.5 Å². The van der Waals surface area contributed by atoms with Crippen LogP contribution in [0.2, 0.25) is 0 Å². The lowest BCUT2D eigenvalue weighted by atomic mass is 10.1. The van der Waals surface area contributed by atoms with Gasteiger partial charge in [0.15, 0.2) is 0 Å². The highest BCUT2D eigenvalue weighted by molar-refractivity contribution is 5.88. The molecule has 0 aliphatic carbocycles. The number of likely N-dealkylation sites (tertiary alicyclic amines) is 1. The Morgan fingerprint density at radius 2 is 2.00 bits per heavy atom. The van der Waals surface area contributed by atoms with Crippen LogP contribution in [0.4, 0.5) is 0 Å². The highest BCUT2D eigenvalue weighted by Gasteiger charge is 2.31. The third-order valence-electron chi connectivity index (χ3n) is 3.67. The number of ether oxygens (including phenoxy) is 1. The molecule has 0 atom stereocenters. The van der Waals surface area contributed by atoms with E-state index in [1.54, 1.807) is 31.1 Å². The van der Waals surface area contributed by atoms with Crippen LogP contribution < -0.4 is 0 Å². The van der Waals surface area contributed by atoms with Crippen molar-refractivity contribution in [3.63, 3.8) is 0 Å². The van der Waals surface area contributed by atoms with E-state index in [1.807, 2.05) is 0 Å². The SMILES string of the molecule is CN(C)C(=O)COC1CN(C(=O)Cc2cccc(C(=O)O)c2)C1. The zero-order valence-corrected chi connectivity index (χ0v) is 13.2. The van der Waals surface area contributed by atoms with Gasteiger partial charge in [-0.1, -0.05) is 12.1 Å². The van der Waals surface area contributed by atoms with Crippen molar-refractivity contribution in [2.45, 2.75) is 12.5 Å². The number of hydrogen-bond donors (Lipinski definition) is 1.